The summed E-state index contributed by atoms with van der Waals surface area (Å²) in [5.74, 6) is -0.0546. The molecule has 0 unspecified atom stereocenters. The predicted molar refractivity (Wildman–Crippen MR) is 125 cm³/mol. The van der Waals surface area contributed by atoms with E-state index in [0.29, 0.717) is 31.1 Å². The van der Waals surface area contributed by atoms with Crippen molar-refractivity contribution in [3.63, 3.8) is 0 Å². The molecule has 31 heavy (non-hydrogen) atoms. The van der Waals surface area contributed by atoms with Gasteiger partial charge in [-0.15, -0.1) is 0 Å². The Morgan fingerprint density at radius 2 is 1.55 bits per heavy atom. The number of amides is 1. The van der Waals surface area contributed by atoms with Crippen molar-refractivity contribution in [2.24, 2.45) is 0 Å². The molecule has 2 aromatic rings. The number of rotatable bonds is 7. The Balaban J connectivity index is 1.60. The average Bonchev–Trinajstić information content (AvgIpc) is 2.76. The minimum atomic E-state index is -3.51. The molecule has 0 radical (unpaired) electrons. The van der Waals surface area contributed by atoms with Crippen molar-refractivity contribution in [1.29, 1.82) is 0 Å². The Hall–Kier alpha value is -2.22. The Bertz CT molecular complexity index is 1020. The lowest BCUT2D eigenvalue weighted by molar-refractivity contribution is -0.117. The van der Waals surface area contributed by atoms with Gasteiger partial charge in [-0.25, -0.2) is 8.42 Å². The van der Waals surface area contributed by atoms with Gasteiger partial charge in [-0.3, -0.25) is 9.69 Å². The summed E-state index contributed by atoms with van der Waals surface area (Å²) in [6.45, 7) is 10.2. The number of hydrogen-bond acceptors (Lipinski definition) is 4. The first-order valence-electron chi connectivity index (χ1n) is 11.0. The number of aryl methyl sites for hydroxylation is 4. The van der Waals surface area contributed by atoms with Crippen LogP contribution in [0.4, 0.5) is 5.69 Å². The van der Waals surface area contributed by atoms with Gasteiger partial charge in [0.25, 0.3) is 0 Å². The number of carbonyl (C=O) groups excluding carboxylic acids is 1. The van der Waals surface area contributed by atoms with Crippen molar-refractivity contribution < 1.29 is 13.2 Å². The second kappa shape index (κ2) is 9.94. The zero-order valence-corrected chi connectivity index (χ0v) is 19.8. The van der Waals surface area contributed by atoms with Crippen LogP contribution in [-0.4, -0.2) is 56.3 Å². The highest BCUT2D eigenvalue weighted by Gasteiger charge is 2.29. The second-order valence-electron chi connectivity index (χ2n) is 8.13. The Morgan fingerprint density at radius 3 is 2.10 bits per heavy atom. The molecule has 1 fully saturated rings. The van der Waals surface area contributed by atoms with Crippen molar-refractivity contribution in [1.82, 2.24) is 9.21 Å². The first kappa shape index (κ1) is 23.4. The van der Waals surface area contributed by atoms with E-state index in [1.165, 1.54) is 4.31 Å². The highest BCUT2D eigenvalue weighted by molar-refractivity contribution is 7.89. The summed E-state index contributed by atoms with van der Waals surface area (Å²) in [5.41, 5.74) is 5.24. The lowest BCUT2D eigenvalue weighted by Crippen LogP contribution is -2.50. The van der Waals surface area contributed by atoms with Crippen LogP contribution in [0.2, 0.25) is 0 Å². The minimum Gasteiger partial charge on any atom is -0.324 e. The number of nitrogens with one attached hydrogen (secondary N) is 1. The Morgan fingerprint density at radius 1 is 0.935 bits per heavy atom. The summed E-state index contributed by atoms with van der Waals surface area (Å²) in [6.07, 6.45) is 1.72. The summed E-state index contributed by atoms with van der Waals surface area (Å²) in [7, 11) is -3.51. The molecule has 1 N–H and O–H groups in total. The number of piperazine rings is 1. The van der Waals surface area contributed by atoms with E-state index >= 15 is 0 Å². The molecule has 0 saturated carbocycles. The summed E-state index contributed by atoms with van der Waals surface area (Å²) in [5, 5.41) is 3.09. The zero-order chi connectivity index (χ0) is 22.6. The van der Waals surface area contributed by atoms with Gasteiger partial charge in [0.05, 0.1) is 11.4 Å². The highest BCUT2D eigenvalue weighted by atomic mass is 32.2. The third-order valence-corrected chi connectivity index (χ3v) is 7.97. The van der Waals surface area contributed by atoms with Crippen LogP contribution in [0.1, 0.15) is 36.1 Å². The van der Waals surface area contributed by atoms with Crippen LogP contribution in [0.15, 0.2) is 41.3 Å². The van der Waals surface area contributed by atoms with E-state index < -0.39 is 10.0 Å². The molecule has 1 aliphatic rings. The second-order valence-corrected chi connectivity index (χ2v) is 10.1. The van der Waals surface area contributed by atoms with Crippen LogP contribution in [0.25, 0.3) is 0 Å². The molecule has 1 heterocycles. The van der Waals surface area contributed by atoms with Crippen molar-refractivity contribution in [2.75, 3.05) is 38.0 Å². The fourth-order valence-electron chi connectivity index (χ4n) is 3.94. The summed E-state index contributed by atoms with van der Waals surface area (Å²) in [4.78, 5) is 15.1. The van der Waals surface area contributed by atoms with Crippen LogP contribution < -0.4 is 5.32 Å². The molecule has 2 aromatic carbocycles. The Kier molecular flexibility index (Phi) is 7.51. The molecular formula is C24H33N3O3S. The molecular weight excluding hydrogens is 410 g/mol. The third-order valence-electron chi connectivity index (χ3n) is 6.08. The smallest absolute Gasteiger partial charge is 0.243 e. The third kappa shape index (κ3) is 5.34. The molecule has 7 heteroatoms. The van der Waals surface area contributed by atoms with Crippen LogP contribution >= 0.6 is 0 Å². The summed E-state index contributed by atoms with van der Waals surface area (Å²) < 4.78 is 27.5. The van der Waals surface area contributed by atoms with Crippen LogP contribution in [0, 0.1) is 13.8 Å². The number of para-hydroxylation sites is 1. The normalized spacial score (nSPS) is 15.7. The van der Waals surface area contributed by atoms with Crippen LogP contribution in [-0.2, 0) is 27.7 Å². The molecule has 0 bridgehead atoms. The predicted octanol–water partition coefficient (Wildman–Crippen LogP) is 3.37. The monoisotopic (exact) mass is 443 g/mol. The van der Waals surface area contributed by atoms with Crippen molar-refractivity contribution >= 4 is 21.6 Å². The van der Waals surface area contributed by atoms with Gasteiger partial charge in [0.2, 0.25) is 15.9 Å². The number of carbonyl (C=O) groups is 1. The SMILES string of the molecule is CCc1cccc(CC)c1NC(=O)CN1CCN(S(=O)(=O)c2ccc(C)c(C)c2)CC1. The fourth-order valence-corrected chi connectivity index (χ4v) is 5.44. The minimum absolute atomic E-state index is 0.0546. The van der Waals surface area contributed by atoms with Gasteiger partial charge >= 0.3 is 0 Å². The maximum absolute atomic E-state index is 13.0. The van der Waals surface area contributed by atoms with Crippen molar-refractivity contribution in [3.8, 4) is 0 Å². The lowest BCUT2D eigenvalue weighted by Gasteiger charge is -2.33. The van der Waals surface area contributed by atoms with Crippen molar-refractivity contribution in [2.45, 2.75) is 45.4 Å². The molecule has 0 atom stereocenters. The molecule has 1 aliphatic heterocycles. The van der Waals surface area contributed by atoms with Gasteiger partial charge in [-0.05, 0) is 61.1 Å². The van der Waals surface area contributed by atoms with Gasteiger partial charge in [-0.2, -0.15) is 4.31 Å². The maximum atomic E-state index is 13.0. The van der Waals surface area contributed by atoms with Crippen molar-refractivity contribution in [3.05, 3.63) is 58.7 Å². The van der Waals surface area contributed by atoms with E-state index in [2.05, 4.69) is 19.2 Å². The van der Waals surface area contributed by atoms with E-state index in [1.54, 1.807) is 12.1 Å². The standard InChI is InChI=1S/C24H33N3O3S/c1-5-20-8-7-9-21(6-2)24(20)25-23(28)17-26-12-14-27(15-13-26)31(29,30)22-11-10-18(3)19(4)16-22/h7-11,16H,5-6,12-15,17H2,1-4H3,(H,25,28). The summed E-state index contributed by atoms with van der Waals surface area (Å²) >= 11 is 0. The first-order chi connectivity index (χ1) is 14.8. The van der Waals surface area contributed by atoms with Gasteiger partial charge in [-0.1, -0.05) is 38.1 Å². The molecule has 0 aliphatic carbocycles. The molecule has 1 amide bonds. The fraction of sp³-hybridized carbons (Fsp3) is 0.458. The zero-order valence-electron chi connectivity index (χ0n) is 18.9. The number of sulfonamides is 1. The van der Waals surface area contributed by atoms with Crippen LogP contribution in [0.5, 0.6) is 0 Å². The Labute approximate surface area is 186 Å². The number of hydrogen-bond donors (Lipinski definition) is 1. The number of anilines is 1. The largest absolute Gasteiger partial charge is 0.324 e. The van der Waals surface area contributed by atoms with E-state index in [9.17, 15) is 13.2 Å². The molecule has 168 valence electrons. The van der Waals surface area contributed by atoms with E-state index in [0.717, 1.165) is 40.8 Å². The quantitative estimate of drug-likeness (QED) is 0.712. The number of benzene rings is 2. The van der Waals surface area contributed by atoms with Gasteiger partial charge in [0, 0.05) is 31.9 Å². The van der Waals surface area contributed by atoms with E-state index in [1.807, 2.05) is 43.0 Å². The van der Waals surface area contributed by atoms with Crippen LogP contribution in [0.3, 0.4) is 0 Å². The average molecular weight is 444 g/mol. The first-order valence-corrected chi connectivity index (χ1v) is 12.4. The lowest BCUT2D eigenvalue weighted by atomic mass is 10.0. The highest BCUT2D eigenvalue weighted by Crippen LogP contribution is 2.23. The molecule has 3 rings (SSSR count). The maximum Gasteiger partial charge on any atom is 0.243 e. The molecule has 0 aromatic heterocycles. The van der Waals surface area contributed by atoms with Gasteiger partial charge in [0.1, 0.15) is 0 Å². The van der Waals surface area contributed by atoms with E-state index in [-0.39, 0.29) is 12.5 Å². The topological polar surface area (TPSA) is 69.7 Å². The molecule has 6 nitrogen and oxygen atoms in total. The summed E-state index contributed by atoms with van der Waals surface area (Å²) in [6, 6.07) is 11.4. The van der Waals surface area contributed by atoms with E-state index in [4.69, 9.17) is 0 Å². The van der Waals surface area contributed by atoms with Gasteiger partial charge in [0.15, 0.2) is 0 Å². The number of nitrogens with zero attached hydrogens (tertiary/aromatic N) is 2. The molecule has 0 spiro atoms. The molecule has 1 saturated heterocycles. The van der Waals surface area contributed by atoms with Gasteiger partial charge < -0.3 is 5.32 Å².